The average molecular weight is 444 g/mol. The first-order chi connectivity index (χ1) is 11.0. The van der Waals surface area contributed by atoms with Gasteiger partial charge in [0.05, 0.1) is 21.8 Å². The van der Waals surface area contributed by atoms with Crippen LogP contribution < -0.4 is 15.7 Å². The lowest BCUT2D eigenvalue weighted by Crippen LogP contribution is -2.11. The van der Waals surface area contributed by atoms with Gasteiger partial charge >= 0.3 is 0 Å². The molecule has 8 heteroatoms. The maximum atomic E-state index is 11.5. The van der Waals surface area contributed by atoms with Crippen LogP contribution in [0.15, 0.2) is 37.0 Å². The summed E-state index contributed by atoms with van der Waals surface area (Å²) in [5.41, 5.74) is 4.08. The molecule has 23 heavy (non-hydrogen) atoms. The molecule has 2 N–H and O–H groups in total. The summed E-state index contributed by atoms with van der Waals surface area (Å²) >= 11 is 6.93. The summed E-state index contributed by atoms with van der Waals surface area (Å²) in [6.45, 7) is 4.44. The predicted octanol–water partition coefficient (Wildman–Crippen LogP) is 3.70. The molecule has 0 spiro atoms. The van der Waals surface area contributed by atoms with E-state index in [4.69, 9.17) is 4.74 Å². The standard InChI is InChI=1S/C15H16Br2N4O2/c1-3-10-7-13(22)20-15(19-10)21-18-8-9-5-11(16)14(23-4-2)12(17)6-9/h5-8H,3-4H2,1-2H3,(H2,19,20,21,22)/b18-8-. The number of benzene rings is 1. The minimum Gasteiger partial charge on any atom is -0.492 e. The second-order valence-electron chi connectivity index (χ2n) is 4.56. The van der Waals surface area contributed by atoms with E-state index in [2.05, 4.69) is 52.4 Å². The molecule has 0 saturated heterocycles. The Hall–Kier alpha value is -1.67. The highest BCUT2D eigenvalue weighted by atomic mass is 79.9. The number of halogens is 2. The van der Waals surface area contributed by atoms with Crippen molar-refractivity contribution in [2.75, 3.05) is 12.0 Å². The second-order valence-corrected chi connectivity index (χ2v) is 6.26. The molecule has 0 saturated carbocycles. The third kappa shape index (κ3) is 4.90. The molecule has 0 aliphatic rings. The van der Waals surface area contributed by atoms with E-state index >= 15 is 0 Å². The Morgan fingerprint density at radius 1 is 1.30 bits per heavy atom. The molecule has 0 fully saturated rings. The highest BCUT2D eigenvalue weighted by Crippen LogP contribution is 2.34. The Kier molecular flexibility index (Phi) is 6.35. The molecule has 122 valence electrons. The highest BCUT2D eigenvalue weighted by Gasteiger charge is 2.07. The lowest BCUT2D eigenvalue weighted by atomic mass is 10.2. The zero-order valence-electron chi connectivity index (χ0n) is 12.7. The van der Waals surface area contributed by atoms with Crippen LogP contribution in [-0.4, -0.2) is 22.8 Å². The first kappa shape index (κ1) is 17.7. The van der Waals surface area contributed by atoms with Crippen LogP contribution in [0.3, 0.4) is 0 Å². The molecule has 0 bridgehead atoms. The van der Waals surface area contributed by atoms with Crippen LogP contribution in [0.1, 0.15) is 25.1 Å². The van der Waals surface area contributed by atoms with Crippen molar-refractivity contribution >= 4 is 44.0 Å². The molecule has 2 rings (SSSR count). The topological polar surface area (TPSA) is 79.4 Å². The first-order valence-corrected chi connectivity index (χ1v) is 8.63. The fourth-order valence-corrected chi connectivity index (χ4v) is 3.30. The molecular weight excluding hydrogens is 428 g/mol. The van der Waals surface area contributed by atoms with Gasteiger partial charge in [-0.3, -0.25) is 9.78 Å². The summed E-state index contributed by atoms with van der Waals surface area (Å²) in [7, 11) is 0. The summed E-state index contributed by atoms with van der Waals surface area (Å²) in [6.07, 6.45) is 2.31. The third-order valence-corrected chi connectivity index (χ3v) is 4.03. The quantitative estimate of drug-likeness (QED) is 0.526. The SMILES string of the molecule is CCOc1c(Br)cc(/C=N\Nc2nc(CC)cc(=O)[nH]2)cc1Br. The van der Waals surface area contributed by atoms with Crippen LogP contribution in [0.2, 0.25) is 0 Å². The summed E-state index contributed by atoms with van der Waals surface area (Å²) in [4.78, 5) is 18.3. The van der Waals surface area contributed by atoms with Gasteiger partial charge in [-0.1, -0.05) is 6.92 Å². The summed E-state index contributed by atoms with van der Waals surface area (Å²) in [5.74, 6) is 1.06. The Morgan fingerprint density at radius 2 is 2.00 bits per heavy atom. The van der Waals surface area contributed by atoms with E-state index in [-0.39, 0.29) is 5.56 Å². The van der Waals surface area contributed by atoms with E-state index in [1.54, 1.807) is 6.21 Å². The van der Waals surface area contributed by atoms with Gasteiger partial charge in [0.1, 0.15) is 5.75 Å². The van der Waals surface area contributed by atoms with Crippen molar-refractivity contribution in [1.82, 2.24) is 9.97 Å². The molecule has 0 radical (unpaired) electrons. The minimum absolute atomic E-state index is 0.207. The summed E-state index contributed by atoms with van der Waals surface area (Å²) in [6, 6.07) is 5.24. The van der Waals surface area contributed by atoms with Gasteiger partial charge in [-0.05, 0) is 62.9 Å². The predicted molar refractivity (Wildman–Crippen MR) is 98.5 cm³/mol. The number of rotatable bonds is 6. The van der Waals surface area contributed by atoms with Crippen LogP contribution >= 0.6 is 31.9 Å². The number of nitrogens with zero attached hydrogens (tertiary/aromatic N) is 2. The van der Waals surface area contributed by atoms with Crippen LogP contribution in [-0.2, 0) is 6.42 Å². The van der Waals surface area contributed by atoms with Gasteiger partial charge in [0.2, 0.25) is 5.95 Å². The molecule has 1 aromatic carbocycles. The Balaban J connectivity index is 2.15. The molecule has 0 aliphatic carbocycles. The number of aromatic amines is 1. The van der Waals surface area contributed by atoms with E-state index in [1.165, 1.54) is 6.07 Å². The van der Waals surface area contributed by atoms with Crippen LogP contribution in [0, 0.1) is 0 Å². The number of hydrogen-bond acceptors (Lipinski definition) is 5. The van der Waals surface area contributed by atoms with E-state index in [0.29, 0.717) is 24.7 Å². The summed E-state index contributed by atoms with van der Waals surface area (Å²) in [5, 5.41) is 4.10. The van der Waals surface area contributed by atoms with E-state index in [0.717, 1.165) is 20.3 Å². The minimum atomic E-state index is -0.207. The van der Waals surface area contributed by atoms with Crippen molar-refractivity contribution in [3.8, 4) is 5.75 Å². The molecule has 0 aliphatic heterocycles. The number of H-pyrrole nitrogens is 1. The van der Waals surface area contributed by atoms with Crippen molar-refractivity contribution in [3.63, 3.8) is 0 Å². The molecule has 1 aromatic heterocycles. The van der Waals surface area contributed by atoms with Gasteiger partial charge in [-0.25, -0.2) is 10.4 Å². The van der Waals surface area contributed by atoms with Crippen LogP contribution in [0.5, 0.6) is 5.75 Å². The monoisotopic (exact) mass is 442 g/mol. The van der Waals surface area contributed by atoms with Crippen molar-refractivity contribution < 1.29 is 4.74 Å². The smallest absolute Gasteiger partial charge is 0.252 e. The van der Waals surface area contributed by atoms with Gasteiger partial charge in [-0.2, -0.15) is 5.10 Å². The number of anilines is 1. The number of hydrogen-bond donors (Lipinski definition) is 2. The number of nitrogens with one attached hydrogen (secondary N) is 2. The van der Waals surface area contributed by atoms with Crippen LogP contribution in [0.25, 0.3) is 0 Å². The molecule has 0 amide bonds. The maximum absolute atomic E-state index is 11.5. The zero-order chi connectivity index (χ0) is 16.8. The van der Waals surface area contributed by atoms with Crippen molar-refractivity contribution in [1.29, 1.82) is 0 Å². The molecule has 0 unspecified atom stereocenters. The Labute approximate surface area is 150 Å². The van der Waals surface area contributed by atoms with Gasteiger partial charge < -0.3 is 4.74 Å². The number of ether oxygens (including phenoxy) is 1. The van der Waals surface area contributed by atoms with Crippen molar-refractivity contribution in [2.24, 2.45) is 5.10 Å². The lowest BCUT2D eigenvalue weighted by Gasteiger charge is -2.09. The Bertz CT molecular complexity index is 751. The fourth-order valence-electron chi connectivity index (χ4n) is 1.85. The molecule has 1 heterocycles. The van der Waals surface area contributed by atoms with Gasteiger partial charge in [-0.15, -0.1) is 0 Å². The van der Waals surface area contributed by atoms with E-state index in [1.807, 2.05) is 26.0 Å². The zero-order valence-corrected chi connectivity index (χ0v) is 15.9. The van der Waals surface area contributed by atoms with Crippen molar-refractivity contribution in [2.45, 2.75) is 20.3 Å². The molecule has 0 atom stereocenters. The van der Waals surface area contributed by atoms with Gasteiger partial charge in [0.25, 0.3) is 5.56 Å². The van der Waals surface area contributed by atoms with E-state index in [9.17, 15) is 4.79 Å². The van der Waals surface area contributed by atoms with Crippen LogP contribution in [0.4, 0.5) is 5.95 Å². The number of aromatic nitrogens is 2. The summed E-state index contributed by atoms with van der Waals surface area (Å²) < 4.78 is 7.19. The molecular formula is C15H16Br2N4O2. The lowest BCUT2D eigenvalue weighted by molar-refractivity contribution is 0.336. The Morgan fingerprint density at radius 3 is 2.61 bits per heavy atom. The first-order valence-electron chi connectivity index (χ1n) is 7.04. The fraction of sp³-hybridized carbons (Fsp3) is 0.267. The maximum Gasteiger partial charge on any atom is 0.252 e. The van der Waals surface area contributed by atoms with Gasteiger partial charge in [0, 0.05) is 11.8 Å². The molecule has 2 aromatic rings. The highest BCUT2D eigenvalue weighted by molar-refractivity contribution is 9.11. The van der Waals surface area contributed by atoms with Crippen molar-refractivity contribution in [3.05, 3.63) is 48.8 Å². The van der Waals surface area contributed by atoms with E-state index < -0.39 is 0 Å². The third-order valence-electron chi connectivity index (χ3n) is 2.85. The van der Waals surface area contributed by atoms with Gasteiger partial charge in [0.15, 0.2) is 0 Å². The average Bonchev–Trinajstić information content (AvgIpc) is 2.50. The molecule has 6 nitrogen and oxygen atoms in total. The second kappa shape index (κ2) is 8.26. The largest absolute Gasteiger partial charge is 0.492 e. The number of hydrazone groups is 1. The normalized spacial score (nSPS) is 11.0. The number of aryl methyl sites for hydroxylation is 1.